The van der Waals surface area contributed by atoms with Crippen molar-refractivity contribution in [1.29, 1.82) is 0 Å². The molecule has 0 aliphatic carbocycles. The van der Waals surface area contributed by atoms with Gasteiger partial charge in [0.2, 0.25) is 5.91 Å². The molecule has 19 heavy (non-hydrogen) atoms. The van der Waals surface area contributed by atoms with Crippen molar-refractivity contribution in [2.75, 3.05) is 7.05 Å². The monoisotopic (exact) mass is 261 g/mol. The first-order valence-electron chi connectivity index (χ1n) is 6.33. The van der Waals surface area contributed by atoms with Gasteiger partial charge in [-0.25, -0.2) is 0 Å². The van der Waals surface area contributed by atoms with Gasteiger partial charge >= 0.3 is 0 Å². The number of aromatic amines is 1. The average Bonchev–Trinajstić information content (AvgIpc) is 2.98. The van der Waals surface area contributed by atoms with Crippen LogP contribution >= 0.6 is 0 Å². The van der Waals surface area contributed by atoms with Crippen LogP contribution in [0.1, 0.15) is 28.9 Å². The van der Waals surface area contributed by atoms with Crippen LogP contribution in [0.15, 0.2) is 23.0 Å². The zero-order chi connectivity index (χ0) is 13.8. The zero-order valence-electron chi connectivity index (χ0n) is 11.6. The lowest BCUT2D eigenvalue weighted by molar-refractivity contribution is -0.130. The first kappa shape index (κ1) is 13.4. The summed E-state index contributed by atoms with van der Waals surface area (Å²) in [5, 5.41) is 7.08. The van der Waals surface area contributed by atoms with Crippen LogP contribution in [0.4, 0.5) is 0 Å². The van der Waals surface area contributed by atoms with E-state index in [4.69, 9.17) is 4.42 Å². The average molecular weight is 261 g/mol. The molecule has 2 heterocycles. The van der Waals surface area contributed by atoms with E-state index in [9.17, 15) is 4.79 Å². The van der Waals surface area contributed by atoms with Gasteiger partial charge in [-0.3, -0.25) is 9.89 Å². The molecule has 0 aromatic carbocycles. The molecule has 2 aromatic heterocycles. The Bertz CT molecular complexity index is 524. The summed E-state index contributed by atoms with van der Waals surface area (Å²) >= 11 is 0. The number of aromatic nitrogens is 2. The van der Waals surface area contributed by atoms with Crippen LogP contribution in [0.3, 0.4) is 0 Å². The van der Waals surface area contributed by atoms with E-state index in [0.29, 0.717) is 13.0 Å². The van der Waals surface area contributed by atoms with Gasteiger partial charge in [0, 0.05) is 31.3 Å². The predicted molar refractivity (Wildman–Crippen MR) is 71.6 cm³/mol. The number of rotatable bonds is 5. The summed E-state index contributed by atoms with van der Waals surface area (Å²) in [7, 11) is 1.81. The fourth-order valence-electron chi connectivity index (χ4n) is 2.11. The summed E-state index contributed by atoms with van der Waals surface area (Å²) in [5.41, 5.74) is 4.17. The van der Waals surface area contributed by atoms with Crippen molar-refractivity contribution in [2.45, 2.75) is 33.2 Å². The molecule has 0 aliphatic rings. The Morgan fingerprint density at radius 2 is 2.26 bits per heavy atom. The number of hydrogen-bond donors (Lipinski definition) is 1. The van der Waals surface area contributed by atoms with Crippen molar-refractivity contribution in [2.24, 2.45) is 0 Å². The number of nitrogens with zero attached hydrogens (tertiary/aromatic N) is 2. The molecule has 1 N–H and O–H groups in total. The minimum absolute atomic E-state index is 0.126. The van der Waals surface area contributed by atoms with E-state index >= 15 is 0 Å². The van der Waals surface area contributed by atoms with Crippen LogP contribution in [-0.2, 0) is 17.8 Å². The molecule has 2 aromatic rings. The first-order valence-corrected chi connectivity index (χ1v) is 6.33. The van der Waals surface area contributed by atoms with Crippen LogP contribution in [0.25, 0.3) is 0 Å². The van der Waals surface area contributed by atoms with Crippen molar-refractivity contribution in [3.8, 4) is 0 Å². The highest BCUT2D eigenvalue weighted by Crippen LogP contribution is 2.13. The number of carbonyl (C=O) groups excluding carboxylic acids is 1. The second kappa shape index (κ2) is 5.73. The number of H-pyrrole nitrogens is 1. The highest BCUT2D eigenvalue weighted by Gasteiger charge is 2.13. The molecule has 0 saturated heterocycles. The molecule has 5 nitrogen and oxygen atoms in total. The number of furan rings is 1. The zero-order valence-corrected chi connectivity index (χ0v) is 11.6. The van der Waals surface area contributed by atoms with Gasteiger partial charge < -0.3 is 9.32 Å². The lowest BCUT2D eigenvalue weighted by Crippen LogP contribution is -2.26. The Morgan fingerprint density at radius 3 is 2.84 bits per heavy atom. The van der Waals surface area contributed by atoms with E-state index in [2.05, 4.69) is 10.2 Å². The molecule has 102 valence electrons. The Morgan fingerprint density at radius 1 is 1.47 bits per heavy atom. The van der Waals surface area contributed by atoms with Crippen molar-refractivity contribution in [1.82, 2.24) is 15.1 Å². The number of hydrogen-bond acceptors (Lipinski definition) is 3. The summed E-state index contributed by atoms with van der Waals surface area (Å²) in [6, 6.07) is 1.87. The maximum absolute atomic E-state index is 12.1. The predicted octanol–water partition coefficient (Wildman–Crippen LogP) is 2.21. The number of carbonyl (C=O) groups is 1. The second-order valence-corrected chi connectivity index (χ2v) is 4.79. The molecule has 0 fully saturated rings. The summed E-state index contributed by atoms with van der Waals surface area (Å²) in [4.78, 5) is 13.8. The SMILES string of the molecule is Cc1n[nH]c(C)c1CCC(=O)N(C)Cc1ccoc1. The molecule has 1 amide bonds. The van der Waals surface area contributed by atoms with E-state index in [0.717, 1.165) is 28.9 Å². The molecule has 0 bridgehead atoms. The number of amides is 1. The molecule has 0 radical (unpaired) electrons. The lowest BCUT2D eigenvalue weighted by atomic mass is 10.1. The second-order valence-electron chi connectivity index (χ2n) is 4.79. The van der Waals surface area contributed by atoms with E-state index in [1.54, 1.807) is 17.4 Å². The molecular formula is C14H19N3O2. The van der Waals surface area contributed by atoms with E-state index in [1.165, 1.54) is 0 Å². The van der Waals surface area contributed by atoms with E-state index in [-0.39, 0.29) is 5.91 Å². The third-order valence-electron chi connectivity index (χ3n) is 3.30. The van der Waals surface area contributed by atoms with Crippen LogP contribution in [0.2, 0.25) is 0 Å². The largest absolute Gasteiger partial charge is 0.472 e. The minimum atomic E-state index is 0.126. The summed E-state index contributed by atoms with van der Waals surface area (Å²) in [6.07, 6.45) is 4.50. The first-order chi connectivity index (χ1) is 9.08. The number of aryl methyl sites for hydroxylation is 2. The van der Waals surface area contributed by atoms with Crippen molar-refractivity contribution < 1.29 is 9.21 Å². The summed E-state index contributed by atoms with van der Waals surface area (Å²) < 4.78 is 5.00. The third kappa shape index (κ3) is 3.24. The molecule has 0 unspecified atom stereocenters. The van der Waals surface area contributed by atoms with Crippen LogP contribution in [-0.4, -0.2) is 28.1 Å². The van der Waals surface area contributed by atoms with Gasteiger partial charge in [0.25, 0.3) is 0 Å². The topological polar surface area (TPSA) is 62.1 Å². The van der Waals surface area contributed by atoms with Gasteiger partial charge in [-0.15, -0.1) is 0 Å². The van der Waals surface area contributed by atoms with E-state index < -0.39 is 0 Å². The molecule has 0 saturated carbocycles. The Balaban J connectivity index is 1.87. The molecule has 0 aliphatic heterocycles. The Hall–Kier alpha value is -2.04. The standard InChI is InChI=1S/C14H19N3O2/c1-10-13(11(2)16-15-10)4-5-14(18)17(3)8-12-6-7-19-9-12/h6-7,9H,4-5,8H2,1-3H3,(H,15,16). The minimum Gasteiger partial charge on any atom is -0.472 e. The highest BCUT2D eigenvalue weighted by molar-refractivity contribution is 5.76. The van der Waals surface area contributed by atoms with E-state index in [1.807, 2.05) is 27.0 Å². The smallest absolute Gasteiger partial charge is 0.222 e. The van der Waals surface area contributed by atoms with Crippen molar-refractivity contribution >= 4 is 5.91 Å². The van der Waals surface area contributed by atoms with Crippen molar-refractivity contribution in [3.05, 3.63) is 41.1 Å². The van der Waals surface area contributed by atoms with Gasteiger partial charge in [0.05, 0.1) is 18.2 Å². The van der Waals surface area contributed by atoms with Crippen LogP contribution in [0.5, 0.6) is 0 Å². The third-order valence-corrected chi connectivity index (χ3v) is 3.30. The molecule has 2 rings (SSSR count). The molecule has 0 spiro atoms. The van der Waals surface area contributed by atoms with Crippen LogP contribution < -0.4 is 0 Å². The van der Waals surface area contributed by atoms with Crippen molar-refractivity contribution in [3.63, 3.8) is 0 Å². The van der Waals surface area contributed by atoms with Gasteiger partial charge in [-0.2, -0.15) is 5.10 Å². The van der Waals surface area contributed by atoms with Gasteiger partial charge in [0.15, 0.2) is 0 Å². The Labute approximate surface area is 112 Å². The summed E-state index contributed by atoms with van der Waals surface area (Å²) in [5.74, 6) is 0.126. The lowest BCUT2D eigenvalue weighted by Gasteiger charge is -2.16. The molecular weight excluding hydrogens is 242 g/mol. The summed E-state index contributed by atoms with van der Waals surface area (Å²) in [6.45, 7) is 4.52. The van der Waals surface area contributed by atoms with Gasteiger partial charge in [0.1, 0.15) is 0 Å². The van der Waals surface area contributed by atoms with Gasteiger partial charge in [-0.1, -0.05) is 0 Å². The maximum atomic E-state index is 12.1. The quantitative estimate of drug-likeness (QED) is 0.897. The molecule has 5 heteroatoms. The molecule has 0 atom stereocenters. The van der Waals surface area contributed by atoms with Crippen LogP contribution in [0, 0.1) is 13.8 Å². The van der Waals surface area contributed by atoms with Gasteiger partial charge in [-0.05, 0) is 31.9 Å². The fraction of sp³-hybridized carbons (Fsp3) is 0.429. The normalized spacial score (nSPS) is 10.7. The Kier molecular flexibility index (Phi) is 4.04. The highest BCUT2D eigenvalue weighted by atomic mass is 16.3. The number of nitrogens with one attached hydrogen (secondary N) is 1. The fourth-order valence-corrected chi connectivity index (χ4v) is 2.11. The maximum Gasteiger partial charge on any atom is 0.222 e.